The summed E-state index contributed by atoms with van der Waals surface area (Å²) in [7, 11) is 0. The Balaban J connectivity index is 1.50. The van der Waals surface area contributed by atoms with Gasteiger partial charge >= 0.3 is 0 Å². The van der Waals surface area contributed by atoms with Gasteiger partial charge in [-0.3, -0.25) is 4.98 Å². The van der Waals surface area contributed by atoms with E-state index in [1.807, 2.05) is 36.9 Å². The van der Waals surface area contributed by atoms with Gasteiger partial charge < -0.3 is 14.8 Å². The third-order valence-corrected chi connectivity index (χ3v) is 5.84. The zero-order chi connectivity index (χ0) is 19.8. The van der Waals surface area contributed by atoms with Crippen LogP contribution >= 0.6 is 0 Å². The van der Waals surface area contributed by atoms with Crippen LogP contribution in [0.1, 0.15) is 39.2 Å². The molecule has 1 aliphatic heterocycles. The summed E-state index contributed by atoms with van der Waals surface area (Å²) in [4.78, 5) is 20.6. The third kappa shape index (κ3) is 3.16. The van der Waals surface area contributed by atoms with Crippen molar-refractivity contribution < 1.29 is 0 Å². The molecule has 7 nitrogen and oxygen atoms in total. The average Bonchev–Trinajstić information content (AvgIpc) is 3.40. The fourth-order valence-electron chi connectivity index (χ4n) is 4.09. The number of anilines is 3. The van der Waals surface area contributed by atoms with Crippen LogP contribution in [-0.4, -0.2) is 37.6 Å². The zero-order valence-corrected chi connectivity index (χ0v) is 16.8. The topological polar surface area (TPSA) is 71.8 Å². The van der Waals surface area contributed by atoms with Gasteiger partial charge in [0.15, 0.2) is 0 Å². The Hall–Kier alpha value is -3.22. The fraction of sp³-hybridized carbons (Fsp3) is 0.364. The Morgan fingerprint density at radius 3 is 2.66 bits per heavy atom. The second-order valence-electron chi connectivity index (χ2n) is 7.67. The van der Waals surface area contributed by atoms with Crippen LogP contribution < -0.4 is 10.2 Å². The SMILES string of the molecule is CC[C@@H](C)n1c2cnccc2c2cnc(Nc3ccc(N4CCCC4)cn3)nc21. The Labute approximate surface area is 169 Å². The number of nitrogens with zero attached hydrogens (tertiary/aromatic N) is 6. The van der Waals surface area contributed by atoms with Gasteiger partial charge in [-0.2, -0.15) is 4.98 Å². The quantitative estimate of drug-likeness (QED) is 0.536. The molecule has 148 valence electrons. The molecule has 4 aromatic rings. The highest BCUT2D eigenvalue weighted by Gasteiger charge is 2.17. The second-order valence-corrected chi connectivity index (χ2v) is 7.67. The van der Waals surface area contributed by atoms with E-state index in [1.54, 1.807) is 0 Å². The van der Waals surface area contributed by atoms with Gasteiger partial charge in [-0.05, 0) is 44.4 Å². The zero-order valence-electron chi connectivity index (χ0n) is 16.8. The standard InChI is InChI=1S/C22H25N7/c1-3-15(2)29-19-14-23-9-8-17(19)18-13-25-22(27-21(18)29)26-20-7-6-16(12-24-20)28-10-4-5-11-28/h6-9,12-15H,3-5,10-11H2,1-2H3,(H,24,25,26,27)/t15-/m1/s1. The predicted octanol–water partition coefficient (Wildman–Crippen LogP) is 4.69. The average molecular weight is 387 g/mol. The monoisotopic (exact) mass is 387 g/mol. The first-order chi connectivity index (χ1) is 14.2. The maximum atomic E-state index is 4.84. The minimum Gasteiger partial charge on any atom is -0.370 e. The van der Waals surface area contributed by atoms with Crippen molar-refractivity contribution in [3.05, 3.63) is 43.0 Å². The van der Waals surface area contributed by atoms with Crippen LogP contribution in [-0.2, 0) is 0 Å². The lowest BCUT2D eigenvalue weighted by molar-refractivity contribution is 0.559. The van der Waals surface area contributed by atoms with Gasteiger partial charge in [0.1, 0.15) is 11.5 Å². The van der Waals surface area contributed by atoms with Crippen LogP contribution in [0.5, 0.6) is 0 Å². The Kier molecular flexibility index (Phi) is 4.50. The van der Waals surface area contributed by atoms with Gasteiger partial charge in [0.25, 0.3) is 0 Å². The Morgan fingerprint density at radius 2 is 1.90 bits per heavy atom. The summed E-state index contributed by atoms with van der Waals surface area (Å²) in [6.07, 6.45) is 11.1. The van der Waals surface area contributed by atoms with E-state index in [2.05, 4.69) is 49.6 Å². The first kappa shape index (κ1) is 17.8. The van der Waals surface area contributed by atoms with E-state index < -0.39 is 0 Å². The van der Waals surface area contributed by atoms with Crippen LogP contribution in [0.3, 0.4) is 0 Å². The molecule has 0 bridgehead atoms. The van der Waals surface area contributed by atoms with Gasteiger partial charge in [0.2, 0.25) is 5.95 Å². The number of pyridine rings is 2. The van der Waals surface area contributed by atoms with Crippen LogP contribution in [0.2, 0.25) is 0 Å². The number of fused-ring (bicyclic) bond motifs is 3. The van der Waals surface area contributed by atoms with E-state index in [9.17, 15) is 0 Å². The first-order valence-electron chi connectivity index (χ1n) is 10.3. The van der Waals surface area contributed by atoms with Crippen LogP contribution in [0, 0.1) is 0 Å². The van der Waals surface area contributed by atoms with Gasteiger partial charge in [0, 0.05) is 42.3 Å². The van der Waals surface area contributed by atoms with Crippen molar-refractivity contribution >= 4 is 39.4 Å². The Bertz CT molecular complexity index is 1140. The van der Waals surface area contributed by atoms with Gasteiger partial charge in [0.05, 0.1) is 23.6 Å². The van der Waals surface area contributed by atoms with Crippen LogP contribution in [0.4, 0.5) is 17.5 Å². The van der Waals surface area contributed by atoms with E-state index in [0.29, 0.717) is 12.0 Å². The molecule has 7 heteroatoms. The molecule has 5 heterocycles. The van der Waals surface area contributed by atoms with E-state index in [1.165, 1.54) is 18.5 Å². The van der Waals surface area contributed by atoms with Gasteiger partial charge in [-0.1, -0.05) is 6.92 Å². The molecule has 0 spiro atoms. The fourth-order valence-corrected chi connectivity index (χ4v) is 4.09. The first-order valence-corrected chi connectivity index (χ1v) is 10.3. The highest BCUT2D eigenvalue weighted by atomic mass is 15.2. The molecule has 0 unspecified atom stereocenters. The van der Waals surface area contributed by atoms with Crippen molar-refractivity contribution in [3.8, 4) is 0 Å². The molecule has 5 rings (SSSR count). The molecule has 0 aromatic carbocycles. The van der Waals surface area contributed by atoms with Crippen molar-refractivity contribution in [2.45, 2.75) is 39.2 Å². The van der Waals surface area contributed by atoms with E-state index >= 15 is 0 Å². The van der Waals surface area contributed by atoms with Gasteiger partial charge in [-0.15, -0.1) is 0 Å². The van der Waals surface area contributed by atoms with Crippen molar-refractivity contribution in [2.24, 2.45) is 0 Å². The second kappa shape index (κ2) is 7.31. The summed E-state index contributed by atoms with van der Waals surface area (Å²) < 4.78 is 2.26. The maximum absolute atomic E-state index is 4.84. The van der Waals surface area contributed by atoms with Crippen molar-refractivity contribution in [1.29, 1.82) is 0 Å². The molecular formula is C22H25N7. The van der Waals surface area contributed by atoms with E-state index in [4.69, 9.17) is 4.98 Å². The molecule has 1 N–H and O–H groups in total. The lowest BCUT2D eigenvalue weighted by atomic mass is 10.2. The number of aromatic nitrogens is 5. The summed E-state index contributed by atoms with van der Waals surface area (Å²) >= 11 is 0. The van der Waals surface area contributed by atoms with Crippen molar-refractivity contribution in [3.63, 3.8) is 0 Å². The van der Waals surface area contributed by atoms with Crippen LogP contribution in [0.25, 0.3) is 21.9 Å². The molecule has 1 saturated heterocycles. The number of hydrogen-bond acceptors (Lipinski definition) is 6. The normalized spacial score (nSPS) is 15.3. The summed E-state index contributed by atoms with van der Waals surface area (Å²) in [5, 5.41) is 5.44. The molecule has 0 amide bonds. The highest BCUT2D eigenvalue weighted by Crippen LogP contribution is 2.31. The molecule has 1 fully saturated rings. The number of rotatable bonds is 5. The molecule has 1 atom stereocenters. The van der Waals surface area contributed by atoms with Crippen LogP contribution in [0.15, 0.2) is 43.0 Å². The predicted molar refractivity (Wildman–Crippen MR) is 117 cm³/mol. The lowest BCUT2D eigenvalue weighted by Crippen LogP contribution is -2.17. The minimum atomic E-state index is 0.319. The molecule has 1 aliphatic rings. The number of hydrogen-bond donors (Lipinski definition) is 1. The number of nitrogens with one attached hydrogen (secondary N) is 1. The molecule has 0 radical (unpaired) electrons. The summed E-state index contributed by atoms with van der Waals surface area (Å²) in [5.74, 6) is 1.31. The van der Waals surface area contributed by atoms with Crippen molar-refractivity contribution in [2.75, 3.05) is 23.3 Å². The van der Waals surface area contributed by atoms with E-state index in [-0.39, 0.29) is 0 Å². The smallest absolute Gasteiger partial charge is 0.230 e. The molecule has 0 saturated carbocycles. The molecule has 4 aromatic heterocycles. The molecule has 29 heavy (non-hydrogen) atoms. The van der Waals surface area contributed by atoms with Crippen molar-refractivity contribution in [1.82, 2.24) is 24.5 Å². The molecule has 0 aliphatic carbocycles. The lowest BCUT2D eigenvalue weighted by Gasteiger charge is -2.17. The largest absolute Gasteiger partial charge is 0.370 e. The summed E-state index contributed by atoms with van der Waals surface area (Å²) in [5.41, 5.74) is 3.19. The summed E-state index contributed by atoms with van der Waals surface area (Å²) in [6, 6.07) is 6.46. The van der Waals surface area contributed by atoms with E-state index in [0.717, 1.165) is 47.3 Å². The Morgan fingerprint density at radius 1 is 1.03 bits per heavy atom. The highest BCUT2D eigenvalue weighted by molar-refractivity contribution is 6.06. The maximum Gasteiger partial charge on any atom is 0.230 e. The van der Waals surface area contributed by atoms with Gasteiger partial charge in [-0.25, -0.2) is 9.97 Å². The third-order valence-electron chi connectivity index (χ3n) is 5.84. The minimum absolute atomic E-state index is 0.319. The summed E-state index contributed by atoms with van der Waals surface area (Å²) in [6.45, 7) is 6.62. The molecular weight excluding hydrogens is 362 g/mol.